The number of pyridine rings is 1. The number of hydrogen-bond acceptors (Lipinski definition) is 2. The molecule has 0 aliphatic heterocycles. The number of halogens is 3. The van der Waals surface area contributed by atoms with E-state index >= 15 is 0 Å². The first-order chi connectivity index (χ1) is 8.06. The molecule has 1 heterocycles. The van der Waals surface area contributed by atoms with Crippen molar-refractivity contribution in [1.82, 2.24) is 4.98 Å². The molecule has 2 aromatic rings. The number of anilines is 2. The fraction of sp³-hybridized carbons (Fsp3) is 0.0833. The molecule has 0 aliphatic carbocycles. The summed E-state index contributed by atoms with van der Waals surface area (Å²) in [4.78, 5) is 4.33. The fourth-order valence-electron chi connectivity index (χ4n) is 1.34. The maximum absolute atomic E-state index is 13.0. The molecule has 0 saturated carbocycles. The number of nitrogens with zero attached hydrogens (tertiary/aromatic N) is 1. The van der Waals surface area contributed by atoms with Crippen molar-refractivity contribution < 1.29 is 4.39 Å². The first kappa shape index (κ1) is 12.3. The minimum absolute atomic E-state index is 0.0869. The summed E-state index contributed by atoms with van der Waals surface area (Å²) in [6.07, 6.45) is 0. The number of benzene rings is 1. The van der Waals surface area contributed by atoms with Gasteiger partial charge in [-0.05, 0) is 53.2 Å². The molecule has 0 saturated heterocycles. The van der Waals surface area contributed by atoms with Gasteiger partial charge in [0, 0.05) is 10.2 Å². The SMILES string of the molecule is Cc1nc(Nc2ccc(F)c(Cl)c2)ccc1Br. The molecule has 0 unspecified atom stereocenters. The van der Waals surface area contributed by atoms with Crippen LogP contribution in [0.15, 0.2) is 34.8 Å². The van der Waals surface area contributed by atoms with E-state index in [-0.39, 0.29) is 5.02 Å². The standard InChI is InChI=1S/C12H9BrClFN2/c1-7-9(13)3-5-12(16-7)17-8-2-4-11(15)10(14)6-8/h2-6H,1H3,(H,16,17). The Bertz CT molecular complexity index is 511. The Morgan fingerprint density at radius 2 is 2.06 bits per heavy atom. The average Bonchev–Trinajstić information content (AvgIpc) is 2.29. The van der Waals surface area contributed by atoms with E-state index in [1.54, 1.807) is 6.07 Å². The lowest BCUT2D eigenvalue weighted by molar-refractivity contribution is 0.628. The van der Waals surface area contributed by atoms with E-state index in [9.17, 15) is 4.39 Å². The van der Waals surface area contributed by atoms with E-state index < -0.39 is 5.82 Å². The summed E-state index contributed by atoms with van der Waals surface area (Å²) < 4.78 is 13.9. The molecule has 0 spiro atoms. The molecule has 1 aromatic heterocycles. The van der Waals surface area contributed by atoms with Crippen LogP contribution in [0.1, 0.15) is 5.69 Å². The van der Waals surface area contributed by atoms with Gasteiger partial charge in [0.15, 0.2) is 0 Å². The molecule has 5 heteroatoms. The highest BCUT2D eigenvalue weighted by atomic mass is 79.9. The van der Waals surface area contributed by atoms with E-state index in [1.807, 2.05) is 19.1 Å². The number of rotatable bonds is 2. The van der Waals surface area contributed by atoms with Crippen molar-refractivity contribution in [3.63, 3.8) is 0 Å². The lowest BCUT2D eigenvalue weighted by atomic mass is 10.3. The van der Waals surface area contributed by atoms with Gasteiger partial charge < -0.3 is 5.32 Å². The molecule has 0 amide bonds. The van der Waals surface area contributed by atoms with Crippen LogP contribution < -0.4 is 5.32 Å². The summed E-state index contributed by atoms with van der Waals surface area (Å²) >= 11 is 9.07. The Kier molecular flexibility index (Phi) is 3.64. The van der Waals surface area contributed by atoms with Crippen LogP contribution in [0.3, 0.4) is 0 Å². The van der Waals surface area contributed by atoms with Crippen LogP contribution in [0.5, 0.6) is 0 Å². The molecular weight excluding hydrogens is 307 g/mol. The smallest absolute Gasteiger partial charge is 0.141 e. The molecular formula is C12H9BrClFN2. The van der Waals surface area contributed by atoms with Gasteiger partial charge in [0.1, 0.15) is 11.6 Å². The molecule has 2 rings (SSSR count). The predicted octanol–water partition coefficient (Wildman–Crippen LogP) is 4.69. The first-order valence-corrected chi connectivity index (χ1v) is 6.08. The third kappa shape index (κ3) is 2.96. The Morgan fingerprint density at radius 3 is 2.71 bits per heavy atom. The maximum Gasteiger partial charge on any atom is 0.141 e. The predicted molar refractivity (Wildman–Crippen MR) is 71.4 cm³/mol. The zero-order valence-electron chi connectivity index (χ0n) is 8.97. The summed E-state index contributed by atoms with van der Waals surface area (Å²) in [5, 5.41) is 3.14. The van der Waals surface area contributed by atoms with Crippen LogP contribution in [0, 0.1) is 12.7 Å². The number of aryl methyl sites for hydroxylation is 1. The lowest BCUT2D eigenvalue weighted by Crippen LogP contribution is -1.95. The molecule has 0 atom stereocenters. The monoisotopic (exact) mass is 314 g/mol. The first-order valence-electron chi connectivity index (χ1n) is 4.91. The van der Waals surface area contributed by atoms with Crippen molar-refractivity contribution in [2.45, 2.75) is 6.92 Å². The number of aromatic nitrogens is 1. The van der Waals surface area contributed by atoms with Crippen LogP contribution in [0.25, 0.3) is 0 Å². The molecule has 0 aliphatic rings. The van der Waals surface area contributed by atoms with E-state index in [1.165, 1.54) is 12.1 Å². The minimum atomic E-state index is -0.433. The topological polar surface area (TPSA) is 24.9 Å². The van der Waals surface area contributed by atoms with Crippen LogP contribution in [-0.4, -0.2) is 4.98 Å². The van der Waals surface area contributed by atoms with Crippen LogP contribution in [0.2, 0.25) is 5.02 Å². The van der Waals surface area contributed by atoms with Gasteiger partial charge >= 0.3 is 0 Å². The van der Waals surface area contributed by atoms with Gasteiger partial charge in [0.2, 0.25) is 0 Å². The van der Waals surface area contributed by atoms with E-state index in [0.717, 1.165) is 10.2 Å². The normalized spacial score (nSPS) is 10.4. The molecule has 0 radical (unpaired) electrons. The second-order valence-corrected chi connectivity index (χ2v) is 4.78. The second-order valence-electron chi connectivity index (χ2n) is 3.52. The molecule has 0 bridgehead atoms. The van der Waals surface area contributed by atoms with Crippen molar-refractivity contribution in [2.24, 2.45) is 0 Å². The van der Waals surface area contributed by atoms with E-state index in [4.69, 9.17) is 11.6 Å². The summed E-state index contributed by atoms with van der Waals surface area (Å²) in [7, 11) is 0. The average molecular weight is 316 g/mol. The Morgan fingerprint density at radius 1 is 1.29 bits per heavy atom. The van der Waals surface area contributed by atoms with E-state index in [2.05, 4.69) is 26.2 Å². The Hall–Kier alpha value is -1.13. The maximum atomic E-state index is 13.0. The third-order valence-electron chi connectivity index (χ3n) is 2.21. The third-order valence-corrected chi connectivity index (χ3v) is 3.34. The van der Waals surface area contributed by atoms with Gasteiger partial charge in [-0.15, -0.1) is 0 Å². The van der Waals surface area contributed by atoms with Crippen LogP contribution >= 0.6 is 27.5 Å². The number of nitrogens with one attached hydrogen (secondary N) is 1. The Balaban J connectivity index is 2.25. The van der Waals surface area contributed by atoms with Crippen molar-refractivity contribution >= 4 is 39.0 Å². The molecule has 17 heavy (non-hydrogen) atoms. The molecule has 2 nitrogen and oxygen atoms in total. The van der Waals surface area contributed by atoms with Gasteiger partial charge in [-0.2, -0.15) is 0 Å². The van der Waals surface area contributed by atoms with Gasteiger partial charge in [-0.1, -0.05) is 11.6 Å². The number of hydrogen-bond donors (Lipinski definition) is 1. The van der Waals surface area contributed by atoms with Gasteiger partial charge in [-0.3, -0.25) is 0 Å². The lowest BCUT2D eigenvalue weighted by Gasteiger charge is -2.07. The molecule has 0 fully saturated rings. The molecule has 1 aromatic carbocycles. The van der Waals surface area contributed by atoms with Crippen molar-refractivity contribution in [3.8, 4) is 0 Å². The molecule has 88 valence electrons. The van der Waals surface area contributed by atoms with Crippen molar-refractivity contribution in [1.29, 1.82) is 0 Å². The van der Waals surface area contributed by atoms with Crippen LogP contribution in [0.4, 0.5) is 15.9 Å². The highest BCUT2D eigenvalue weighted by Crippen LogP contribution is 2.23. The molecule has 1 N–H and O–H groups in total. The minimum Gasteiger partial charge on any atom is -0.340 e. The van der Waals surface area contributed by atoms with Gasteiger partial charge in [-0.25, -0.2) is 9.37 Å². The van der Waals surface area contributed by atoms with Gasteiger partial charge in [0.05, 0.1) is 10.7 Å². The summed E-state index contributed by atoms with van der Waals surface area (Å²) in [5.74, 6) is 0.255. The summed E-state index contributed by atoms with van der Waals surface area (Å²) in [5.41, 5.74) is 1.58. The van der Waals surface area contributed by atoms with Crippen LogP contribution in [-0.2, 0) is 0 Å². The largest absolute Gasteiger partial charge is 0.340 e. The quantitative estimate of drug-likeness (QED) is 0.869. The summed E-state index contributed by atoms with van der Waals surface area (Å²) in [6.45, 7) is 1.90. The fourth-order valence-corrected chi connectivity index (χ4v) is 1.74. The van der Waals surface area contributed by atoms with Crippen molar-refractivity contribution in [2.75, 3.05) is 5.32 Å². The second kappa shape index (κ2) is 5.02. The highest BCUT2D eigenvalue weighted by Gasteiger charge is 2.03. The zero-order chi connectivity index (χ0) is 12.4. The van der Waals surface area contributed by atoms with Gasteiger partial charge in [0.25, 0.3) is 0 Å². The zero-order valence-corrected chi connectivity index (χ0v) is 11.3. The Labute approximate surface area is 112 Å². The summed E-state index contributed by atoms with van der Waals surface area (Å²) in [6, 6.07) is 8.18. The van der Waals surface area contributed by atoms with E-state index in [0.29, 0.717) is 11.5 Å². The van der Waals surface area contributed by atoms with Crippen molar-refractivity contribution in [3.05, 3.63) is 51.3 Å². The highest BCUT2D eigenvalue weighted by molar-refractivity contribution is 9.10.